The highest BCUT2D eigenvalue weighted by molar-refractivity contribution is 5.98. The molecular weight excluding hydrogens is 430 g/mol. The third-order valence-electron chi connectivity index (χ3n) is 5.97. The molecular formula is C27H29N3O4. The summed E-state index contributed by atoms with van der Waals surface area (Å²) in [7, 11) is 3.16. The van der Waals surface area contributed by atoms with Crippen LogP contribution >= 0.6 is 0 Å². The predicted molar refractivity (Wildman–Crippen MR) is 130 cm³/mol. The number of nitrogens with zero attached hydrogens (tertiary/aromatic N) is 2. The molecule has 0 saturated carbocycles. The molecule has 2 heterocycles. The maximum absolute atomic E-state index is 13.0. The Balaban J connectivity index is 1.44. The Labute approximate surface area is 199 Å². The first-order valence-electron chi connectivity index (χ1n) is 11.4. The second-order valence-corrected chi connectivity index (χ2v) is 8.20. The van der Waals surface area contributed by atoms with E-state index in [0.29, 0.717) is 43.0 Å². The third-order valence-corrected chi connectivity index (χ3v) is 5.97. The van der Waals surface area contributed by atoms with E-state index in [9.17, 15) is 9.59 Å². The zero-order valence-corrected chi connectivity index (χ0v) is 19.5. The molecule has 7 heteroatoms. The molecule has 0 atom stereocenters. The van der Waals surface area contributed by atoms with Crippen LogP contribution in [0.1, 0.15) is 40.0 Å². The number of aromatic nitrogens is 1. The molecule has 2 amide bonds. The SMILES string of the molecule is COc1ccc(CNC(=O)c2cnc3c(c2)N(C(=O)CCc2ccccc2)CCC3)cc1OC. The lowest BCUT2D eigenvalue weighted by Gasteiger charge is -2.29. The molecule has 0 aliphatic carbocycles. The number of rotatable bonds is 8. The van der Waals surface area contributed by atoms with Gasteiger partial charge in [0.1, 0.15) is 0 Å². The molecule has 1 aliphatic rings. The Bertz CT molecular complexity index is 1160. The summed E-state index contributed by atoms with van der Waals surface area (Å²) in [5.41, 5.74) is 4.05. The van der Waals surface area contributed by atoms with Gasteiger partial charge >= 0.3 is 0 Å². The summed E-state index contributed by atoms with van der Waals surface area (Å²) in [4.78, 5) is 32.2. The summed E-state index contributed by atoms with van der Waals surface area (Å²) in [5, 5.41) is 2.92. The lowest BCUT2D eigenvalue weighted by Crippen LogP contribution is -2.36. The number of carbonyl (C=O) groups excluding carboxylic acids is 2. The minimum Gasteiger partial charge on any atom is -0.493 e. The van der Waals surface area contributed by atoms with Crippen LogP contribution in [0.25, 0.3) is 0 Å². The van der Waals surface area contributed by atoms with Gasteiger partial charge in [-0.3, -0.25) is 14.6 Å². The third kappa shape index (κ3) is 5.36. The fourth-order valence-electron chi connectivity index (χ4n) is 4.12. The number of carbonyl (C=O) groups is 2. The van der Waals surface area contributed by atoms with Gasteiger partial charge in [0, 0.05) is 25.7 Å². The van der Waals surface area contributed by atoms with Gasteiger partial charge in [-0.25, -0.2) is 0 Å². The van der Waals surface area contributed by atoms with E-state index in [1.165, 1.54) is 0 Å². The zero-order chi connectivity index (χ0) is 23.9. The van der Waals surface area contributed by atoms with Gasteiger partial charge in [-0.15, -0.1) is 0 Å². The molecule has 0 saturated heterocycles. The van der Waals surface area contributed by atoms with E-state index in [1.807, 2.05) is 42.5 Å². The molecule has 7 nitrogen and oxygen atoms in total. The van der Waals surface area contributed by atoms with Crippen LogP contribution in [0.5, 0.6) is 11.5 Å². The Morgan fingerprint density at radius 3 is 2.56 bits per heavy atom. The van der Waals surface area contributed by atoms with Crippen LogP contribution in [0.15, 0.2) is 60.8 Å². The van der Waals surface area contributed by atoms with Crippen LogP contribution in [-0.2, 0) is 24.2 Å². The van der Waals surface area contributed by atoms with Crippen LogP contribution in [0.2, 0.25) is 0 Å². The fraction of sp³-hybridized carbons (Fsp3) is 0.296. The smallest absolute Gasteiger partial charge is 0.253 e. The van der Waals surface area contributed by atoms with Crippen LogP contribution in [0.3, 0.4) is 0 Å². The van der Waals surface area contributed by atoms with Gasteiger partial charge in [0.2, 0.25) is 5.91 Å². The number of anilines is 1. The number of hydrogen-bond donors (Lipinski definition) is 1. The van der Waals surface area contributed by atoms with Crippen molar-refractivity contribution in [1.29, 1.82) is 0 Å². The maximum Gasteiger partial charge on any atom is 0.253 e. The molecule has 0 bridgehead atoms. The number of pyridine rings is 1. The zero-order valence-electron chi connectivity index (χ0n) is 19.5. The average Bonchev–Trinajstić information content (AvgIpc) is 2.90. The summed E-state index contributed by atoms with van der Waals surface area (Å²) < 4.78 is 10.6. The van der Waals surface area contributed by atoms with Gasteiger partial charge in [0.05, 0.1) is 31.2 Å². The first-order valence-corrected chi connectivity index (χ1v) is 11.4. The molecule has 0 unspecified atom stereocenters. The summed E-state index contributed by atoms with van der Waals surface area (Å²) in [5.74, 6) is 1.05. The van der Waals surface area contributed by atoms with E-state index in [2.05, 4.69) is 10.3 Å². The van der Waals surface area contributed by atoms with Gasteiger partial charge in [-0.1, -0.05) is 36.4 Å². The molecule has 1 aromatic heterocycles. The van der Waals surface area contributed by atoms with Crippen LogP contribution in [0.4, 0.5) is 5.69 Å². The first-order chi connectivity index (χ1) is 16.6. The van der Waals surface area contributed by atoms with Crippen molar-refractivity contribution in [2.75, 3.05) is 25.7 Å². The second-order valence-electron chi connectivity index (χ2n) is 8.20. The minimum absolute atomic E-state index is 0.0505. The largest absolute Gasteiger partial charge is 0.493 e. The molecule has 1 aliphatic heterocycles. The number of benzene rings is 2. The number of ether oxygens (including phenoxy) is 2. The highest BCUT2D eigenvalue weighted by atomic mass is 16.5. The van der Waals surface area contributed by atoms with E-state index in [0.717, 1.165) is 35.3 Å². The van der Waals surface area contributed by atoms with Crippen molar-refractivity contribution in [1.82, 2.24) is 10.3 Å². The molecule has 0 radical (unpaired) electrons. The Kier molecular flexibility index (Phi) is 7.42. The van der Waals surface area contributed by atoms with E-state index in [4.69, 9.17) is 9.47 Å². The van der Waals surface area contributed by atoms with Gasteiger partial charge in [-0.05, 0) is 48.6 Å². The Hall–Kier alpha value is -3.87. The molecule has 34 heavy (non-hydrogen) atoms. The molecule has 1 N–H and O–H groups in total. The number of fused-ring (bicyclic) bond motifs is 1. The van der Waals surface area contributed by atoms with Gasteiger partial charge < -0.3 is 19.7 Å². The van der Waals surface area contributed by atoms with Crippen molar-refractivity contribution in [3.05, 3.63) is 83.2 Å². The summed E-state index contributed by atoms with van der Waals surface area (Å²) in [6.07, 6.45) is 4.34. The molecule has 3 aromatic rings. The maximum atomic E-state index is 13.0. The second kappa shape index (κ2) is 10.8. The number of methoxy groups -OCH3 is 2. The summed E-state index contributed by atoms with van der Waals surface area (Å²) >= 11 is 0. The monoisotopic (exact) mass is 459 g/mol. The van der Waals surface area contributed by atoms with Gasteiger partial charge in [-0.2, -0.15) is 0 Å². The number of amides is 2. The van der Waals surface area contributed by atoms with Gasteiger partial charge in [0.15, 0.2) is 11.5 Å². The number of nitrogens with one attached hydrogen (secondary N) is 1. The summed E-state index contributed by atoms with van der Waals surface area (Å²) in [6, 6.07) is 17.3. The molecule has 176 valence electrons. The lowest BCUT2D eigenvalue weighted by molar-refractivity contribution is -0.118. The predicted octanol–water partition coefficient (Wildman–Crippen LogP) is 3.94. The van der Waals surface area contributed by atoms with E-state index in [-0.39, 0.29) is 11.8 Å². The fourth-order valence-corrected chi connectivity index (χ4v) is 4.12. The van der Waals surface area contributed by atoms with Crippen molar-refractivity contribution in [2.24, 2.45) is 0 Å². The molecule has 2 aromatic carbocycles. The highest BCUT2D eigenvalue weighted by Crippen LogP contribution is 2.29. The Morgan fingerprint density at radius 1 is 1.00 bits per heavy atom. The van der Waals surface area contributed by atoms with Crippen molar-refractivity contribution in [3.8, 4) is 11.5 Å². The van der Waals surface area contributed by atoms with Crippen molar-refractivity contribution in [3.63, 3.8) is 0 Å². The standard InChI is InChI=1S/C27H29N3O4/c1-33-24-12-10-20(15-25(24)34-2)17-29-27(32)21-16-23-22(28-18-21)9-6-14-30(23)26(31)13-11-19-7-4-3-5-8-19/h3-5,7-8,10,12,15-16,18H,6,9,11,13-14,17H2,1-2H3,(H,29,32). The molecule has 4 rings (SSSR count). The Morgan fingerprint density at radius 2 is 1.79 bits per heavy atom. The molecule has 0 spiro atoms. The minimum atomic E-state index is -0.243. The lowest BCUT2D eigenvalue weighted by atomic mass is 10.0. The van der Waals surface area contributed by atoms with E-state index in [1.54, 1.807) is 37.4 Å². The van der Waals surface area contributed by atoms with E-state index < -0.39 is 0 Å². The van der Waals surface area contributed by atoms with Crippen LogP contribution in [0, 0.1) is 0 Å². The topological polar surface area (TPSA) is 80.8 Å². The number of aryl methyl sites for hydroxylation is 2. The van der Waals surface area contributed by atoms with Crippen LogP contribution in [-0.4, -0.2) is 37.6 Å². The average molecular weight is 460 g/mol. The normalized spacial score (nSPS) is 12.6. The molecule has 0 fully saturated rings. The number of hydrogen-bond acceptors (Lipinski definition) is 5. The first kappa shape index (κ1) is 23.3. The van der Waals surface area contributed by atoms with Gasteiger partial charge in [0.25, 0.3) is 5.91 Å². The van der Waals surface area contributed by atoms with E-state index >= 15 is 0 Å². The highest BCUT2D eigenvalue weighted by Gasteiger charge is 2.24. The summed E-state index contributed by atoms with van der Waals surface area (Å²) in [6.45, 7) is 0.967. The van der Waals surface area contributed by atoms with Crippen molar-refractivity contribution in [2.45, 2.75) is 32.2 Å². The van der Waals surface area contributed by atoms with Crippen molar-refractivity contribution >= 4 is 17.5 Å². The van der Waals surface area contributed by atoms with Crippen LogP contribution < -0.4 is 19.7 Å². The quantitative estimate of drug-likeness (QED) is 0.552. The van der Waals surface area contributed by atoms with Crippen molar-refractivity contribution < 1.29 is 19.1 Å².